The molecule has 0 aromatic heterocycles. The molecule has 1 rings (SSSR count). The first-order chi connectivity index (χ1) is 14.8. The van der Waals surface area contributed by atoms with Crippen LogP contribution in [0.1, 0.15) is 20.3 Å². The van der Waals surface area contributed by atoms with E-state index in [0.717, 1.165) is 0 Å². The molecule has 188 valence electrons. The summed E-state index contributed by atoms with van der Waals surface area (Å²) in [5.74, 6) is -5.56. The Balaban J connectivity index is 2.99. The number of ketones is 1. The molecule has 1 aliphatic rings. The van der Waals surface area contributed by atoms with Crippen LogP contribution >= 0.6 is 0 Å². The second-order valence-corrected chi connectivity index (χ2v) is 8.04. The van der Waals surface area contributed by atoms with E-state index in [0.29, 0.717) is 0 Å². The van der Waals surface area contributed by atoms with E-state index in [1.165, 1.54) is 0 Å². The van der Waals surface area contributed by atoms with Gasteiger partial charge in [0, 0.05) is 0 Å². The number of rotatable bonds is 13. The number of aliphatic hydroxyl groups excluding tert-OH is 7. The van der Waals surface area contributed by atoms with Gasteiger partial charge in [-0.3, -0.25) is 14.9 Å². The number of carboxylic acids is 1. The molecule has 32 heavy (non-hydrogen) atoms. The zero-order valence-corrected chi connectivity index (χ0v) is 17.7. The van der Waals surface area contributed by atoms with E-state index in [-0.39, 0.29) is 12.3 Å². The van der Waals surface area contributed by atoms with Crippen LogP contribution in [0.2, 0.25) is 0 Å². The fraction of sp³-hybridized carbons (Fsp3) is 0.889. The molecule has 0 aromatic carbocycles. The number of Topliss-reactive ketones (excluding diaryl/α,β-unsaturated/α-hetero) is 1. The number of carbonyl (C=O) groups excluding carboxylic acids is 1. The average Bonchev–Trinajstić information content (AvgIpc) is 2.74. The lowest BCUT2D eigenvalue weighted by Gasteiger charge is -2.46. The maximum Gasteiger partial charge on any atom is 0.320 e. The number of carboxylic acid groups (broad SMARTS) is 1. The lowest BCUT2D eigenvalue weighted by molar-refractivity contribution is -0.464. The minimum atomic E-state index is -3.21. The van der Waals surface area contributed by atoms with E-state index in [1.54, 1.807) is 13.8 Å². The average molecular weight is 471 g/mol. The van der Waals surface area contributed by atoms with Crippen molar-refractivity contribution in [2.75, 3.05) is 19.8 Å². The Morgan fingerprint density at radius 2 is 1.72 bits per heavy atom. The molecule has 0 aromatic rings. The standard InChI is InChI=1S/C18H33NO13/c1-7(2)3-8(17(28)29)19-4-9(22)12(24)15(10(23)5-20)32-18(30)16(27)14(26)13(25)11(6-21)31-18/h7-8,10-16,19-21,23-27,30H,3-6H2,1-2H3,(H,28,29)/t8-,10+,11+,12+,13-,14-,15+,16+,18-/m0/s1. The third-order valence-corrected chi connectivity index (χ3v) is 4.97. The van der Waals surface area contributed by atoms with E-state index in [2.05, 4.69) is 5.32 Å². The summed E-state index contributed by atoms with van der Waals surface area (Å²) < 4.78 is 9.83. The Hall–Kier alpha value is -1.30. The predicted molar refractivity (Wildman–Crippen MR) is 103 cm³/mol. The van der Waals surface area contributed by atoms with Crippen molar-refractivity contribution in [2.24, 2.45) is 5.92 Å². The van der Waals surface area contributed by atoms with Crippen molar-refractivity contribution in [1.29, 1.82) is 0 Å². The maximum absolute atomic E-state index is 12.4. The summed E-state index contributed by atoms with van der Waals surface area (Å²) in [6, 6.07) is -1.12. The third kappa shape index (κ3) is 7.10. The van der Waals surface area contributed by atoms with Crippen molar-refractivity contribution >= 4 is 11.8 Å². The van der Waals surface area contributed by atoms with Gasteiger partial charge in [-0.15, -0.1) is 0 Å². The molecule has 14 nitrogen and oxygen atoms in total. The van der Waals surface area contributed by atoms with Gasteiger partial charge in [0.05, 0.1) is 19.8 Å². The Morgan fingerprint density at radius 1 is 1.12 bits per heavy atom. The van der Waals surface area contributed by atoms with Gasteiger partial charge in [-0.25, -0.2) is 0 Å². The number of ether oxygens (including phenoxy) is 2. The molecule has 0 saturated carbocycles. The van der Waals surface area contributed by atoms with Crippen LogP contribution in [-0.2, 0) is 19.1 Å². The monoisotopic (exact) mass is 471 g/mol. The van der Waals surface area contributed by atoms with Crippen molar-refractivity contribution in [3.8, 4) is 0 Å². The van der Waals surface area contributed by atoms with Gasteiger partial charge in [-0.05, 0) is 12.3 Å². The van der Waals surface area contributed by atoms with E-state index in [1.807, 2.05) is 0 Å². The highest BCUT2D eigenvalue weighted by Crippen LogP contribution is 2.31. The van der Waals surface area contributed by atoms with Crippen LogP contribution in [0.15, 0.2) is 0 Å². The van der Waals surface area contributed by atoms with Crippen molar-refractivity contribution < 1.29 is 65.0 Å². The van der Waals surface area contributed by atoms with Gasteiger partial charge in [0.15, 0.2) is 11.9 Å². The van der Waals surface area contributed by atoms with Crippen LogP contribution in [0.3, 0.4) is 0 Å². The highest BCUT2D eigenvalue weighted by molar-refractivity contribution is 5.86. The number of aliphatic hydroxyl groups is 8. The van der Waals surface area contributed by atoms with Crippen molar-refractivity contribution in [3.05, 3.63) is 0 Å². The fourth-order valence-corrected chi connectivity index (χ4v) is 3.13. The molecule has 1 heterocycles. The van der Waals surface area contributed by atoms with Crippen LogP contribution in [-0.4, -0.2) is 132 Å². The molecule has 0 radical (unpaired) electrons. The summed E-state index contributed by atoms with van der Waals surface area (Å²) in [6.07, 6.45) is -14.1. The molecular formula is C18H33NO13. The second-order valence-electron chi connectivity index (χ2n) is 8.04. The van der Waals surface area contributed by atoms with Gasteiger partial charge in [0.2, 0.25) is 0 Å². The minimum absolute atomic E-state index is 0.0312. The van der Waals surface area contributed by atoms with E-state index >= 15 is 0 Å². The smallest absolute Gasteiger partial charge is 0.320 e. The highest BCUT2D eigenvalue weighted by Gasteiger charge is 2.56. The summed E-state index contributed by atoms with van der Waals surface area (Å²) in [7, 11) is 0. The first-order valence-corrected chi connectivity index (χ1v) is 9.97. The molecule has 0 spiro atoms. The highest BCUT2D eigenvalue weighted by atomic mass is 16.8. The number of hydrogen-bond acceptors (Lipinski definition) is 13. The molecule has 14 heteroatoms. The molecule has 1 saturated heterocycles. The van der Waals surface area contributed by atoms with Crippen LogP contribution in [0.25, 0.3) is 0 Å². The lowest BCUT2D eigenvalue weighted by atomic mass is 9.97. The second kappa shape index (κ2) is 12.2. The maximum atomic E-state index is 12.4. The van der Waals surface area contributed by atoms with Crippen LogP contribution < -0.4 is 5.32 Å². The summed E-state index contributed by atoms with van der Waals surface area (Å²) in [5.41, 5.74) is 0. The summed E-state index contributed by atoms with van der Waals surface area (Å²) in [6.45, 7) is 0.829. The Morgan fingerprint density at radius 3 is 2.19 bits per heavy atom. The first-order valence-electron chi connectivity index (χ1n) is 9.97. The van der Waals surface area contributed by atoms with Crippen LogP contribution in [0.4, 0.5) is 0 Å². The number of aliphatic carboxylic acids is 1. The first kappa shape index (κ1) is 28.7. The Labute approximate surface area is 183 Å². The number of carbonyl (C=O) groups is 2. The summed E-state index contributed by atoms with van der Waals surface area (Å²) in [4.78, 5) is 23.7. The van der Waals surface area contributed by atoms with Gasteiger partial charge in [0.1, 0.15) is 42.7 Å². The lowest BCUT2D eigenvalue weighted by Crippen LogP contribution is -2.68. The van der Waals surface area contributed by atoms with Crippen molar-refractivity contribution in [1.82, 2.24) is 5.32 Å². The van der Waals surface area contributed by atoms with Crippen molar-refractivity contribution in [3.63, 3.8) is 0 Å². The van der Waals surface area contributed by atoms with Gasteiger partial charge < -0.3 is 55.4 Å². The minimum Gasteiger partial charge on any atom is -0.480 e. The molecule has 0 bridgehead atoms. The van der Waals surface area contributed by atoms with Gasteiger partial charge in [-0.1, -0.05) is 13.8 Å². The van der Waals surface area contributed by atoms with E-state index in [9.17, 15) is 55.5 Å². The molecule has 9 atom stereocenters. The van der Waals surface area contributed by atoms with E-state index < -0.39 is 86.3 Å². The molecule has 10 N–H and O–H groups in total. The molecule has 0 unspecified atom stereocenters. The normalized spacial score (nSPS) is 32.3. The molecule has 1 fully saturated rings. The van der Waals surface area contributed by atoms with Gasteiger partial charge >= 0.3 is 11.9 Å². The van der Waals surface area contributed by atoms with Gasteiger partial charge in [0.25, 0.3) is 0 Å². The third-order valence-electron chi connectivity index (χ3n) is 4.97. The molecule has 1 aliphatic heterocycles. The summed E-state index contributed by atoms with van der Waals surface area (Å²) in [5, 5.41) is 90.6. The zero-order valence-electron chi connectivity index (χ0n) is 17.7. The number of nitrogens with one attached hydrogen (secondary N) is 1. The molecule has 0 amide bonds. The fourth-order valence-electron chi connectivity index (χ4n) is 3.13. The number of hydrogen-bond donors (Lipinski definition) is 10. The summed E-state index contributed by atoms with van der Waals surface area (Å²) >= 11 is 0. The van der Waals surface area contributed by atoms with Crippen LogP contribution in [0.5, 0.6) is 0 Å². The van der Waals surface area contributed by atoms with Gasteiger partial charge in [-0.2, -0.15) is 0 Å². The van der Waals surface area contributed by atoms with Crippen molar-refractivity contribution in [2.45, 2.75) is 75.0 Å². The Kier molecular flexibility index (Phi) is 11.0. The quantitative estimate of drug-likeness (QED) is 0.113. The molecular weight excluding hydrogens is 438 g/mol. The SMILES string of the molecule is CC(C)C[C@H](NCC(=O)[C@@H](O)[C@H](O[C@@]1(O)O[C@H](CO)[C@H](O)[C@H](O)[C@H]1O)[C@H](O)CO)C(=O)O. The molecule has 0 aliphatic carbocycles. The topological polar surface area (TPSA) is 247 Å². The Bertz CT molecular complexity index is 618. The van der Waals surface area contributed by atoms with E-state index in [4.69, 9.17) is 9.47 Å². The van der Waals surface area contributed by atoms with Crippen LogP contribution in [0, 0.1) is 5.92 Å². The largest absolute Gasteiger partial charge is 0.480 e. The zero-order chi connectivity index (χ0) is 24.8. The predicted octanol–water partition coefficient (Wildman–Crippen LogP) is -5.14.